The highest BCUT2D eigenvalue weighted by atomic mass is 28.4. The van der Waals surface area contributed by atoms with Gasteiger partial charge in [0.05, 0.1) is 24.8 Å². The predicted molar refractivity (Wildman–Crippen MR) is 164 cm³/mol. The van der Waals surface area contributed by atoms with E-state index in [1.807, 2.05) is 17.6 Å². The summed E-state index contributed by atoms with van der Waals surface area (Å²) in [6, 6.07) is 4.65. The van der Waals surface area contributed by atoms with E-state index in [-0.39, 0.29) is 47.1 Å². The lowest BCUT2D eigenvalue weighted by Crippen LogP contribution is -2.43. The Morgan fingerprint density at radius 2 is 1.57 bits per heavy atom. The first-order valence-corrected chi connectivity index (χ1v) is 17.3. The van der Waals surface area contributed by atoms with E-state index in [9.17, 15) is 22.8 Å². The molecule has 0 unspecified atom stereocenters. The third-order valence-electron chi connectivity index (χ3n) is 8.48. The molecule has 0 saturated heterocycles. The minimum absolute atomic E-state index is 0.00784. The second kappa shape index (κ2) is 12.4. The zero-order chi connectivity index (χ0) is 31.8. The number of aromatic nitrogens is 1. The third kappa shape index (κ3) is 7.17. The lowest BCUT2D eigenvalue weighted by Gasteiger charge is -2.40. The molecule has 3 aromatic rings. The van der Waals surface area contributed by atoms with Gasteiger partial charge in [-0.3, -0.25) is 4.79 Å². The van der Waals surface area contributed by atoms with Crippen molar-refractivity contribution in [3.05, 3.63) is 80.4 Å². The monoisotopic (exact) mass is 603 g/mol. The fraction of sp³-hybridized carbons (Fsp3) is 0.515. The summed E-state index contributed by atoms with van der Waals surface area (Å²) in [6.45, 7) is 21.2. The van der Waals surface area contributed by atoms with E-state index in [4.69, 9.17) is 9.16 Å². The second-order valence-corrected chi connectivity index (χ2v) is 18.4. The minimum Gasteiger partial charge on any atom is -0.462 e. The highest BCUT2D eigenvalue weighted by Crippen LogP contribution is 2.40. The Morgan fingerprint density at radius 3 is 2.10 bits per heavy atom. The van der Waals surface area contributed by atoms with Gasteiger partial charge in [-0.2, -0.15) is 0 Å². The molecule has 2 aromatic carbocycles. The number of hydrogen-bond acceptors (Lipinski definition) is 4. The van der Waals surface area contributed by atoms with Gasteiger partial charge < -0.3 is 13.7 Å². The van der Waals surface area contributed by atoms with E-state index < -0.39 is 37.2 Å². The van der Waals surface area contributed by atoms with Gasteiger partial charge in [-0.15, -0.1) is 0 Å². The van der Waals surface area contributed by atoms with Gasteiger partial charge in [-0.05, 0) is 73.5 Å². The molecule has 9 heteroatoms. The summed E-state index contributed by atoms with van der Waals surface area (Å²) in [5, 5.41) is 0.300. The standard InChI is InChI=1S/C33H44F3NO4Si/c1-11-40-31(39)25-18-37(29(32(3,4)5)19-41-42(9,10)33(6,7)8)28-14-20(2)21(15-24(28)30(25)38)12-13-23-26(35)16-22(34)17-27(23)36/h14-18,29H,11-13,19H2,1-10H3/t29-/m1/s1. The number of rotatable bonds is 9. The maximum Gasteiger partial charge on any atom is 0.343 e. The molecule has 1 atom stereocenters. The molecule has 0 amide bonds. The first kappa shape index (κ1) is 33.6. The molecule has 0 spiro atoms. The van der Waals surface area contributed by atoms with Crippen LogP contribution in [0.2, 0.25) is 18.1 Å². The number of esters is 1. The Labute approximate surface area is 248 Å². The maximum atomic E-state index is 14.3. The van der Waals surface area contributed by atoms with Crippen LogP contribution in [0.3, 0.4) is 0 Å². The SMILES string of the molecule is CCOC(=O)c1cn([C@H](CO[Si](C)(C)C(C)(C)C)C(C)(C)C)c2cc(C)c(CCc3c(F)cc(F)cc3F)cc2c1=O. The van der Waals surface area contributed by atoms with Gasteiger partial charge in [0.1, 0.15) is 23.0 Å². The number of fused-ring (bicyclic) bond motifs is 1. The van der Waals surface area contributed by atoms with Crippen molar-refractivity contribution in [1.29, 1.82) is 0 Å². The van der Waals surface area contributed by atoms with Crippen LogP contribution in [0.1, 0.15) is 81.6 Å². The lowest BCUT2D eigenvalue weighted by molar-refractivity contribution is 0.0522. The Hall–Kier alpha value is -2.91. The average molecular weight is 604 g/mol. The van der Waals surface area contributed by atoms with E-state index in [2.05, 4.69) is 54.6 Å². The highest BCUT2D eigenvalue weighted by Gasteiger charge is 2.39. The molecule has 3 rings (SSSR count). The number of carbonyl (C=O) groups is 1. The normalized spacial score (nSPS) is 13.5. The quantitative estimate of drug-likeness (QED) is 0.182. The fourth-order valence-corrected chi connectivity index (χ4v) is 5.76. The van der Waals surface area contributed by atoms with E-state index in [0.717, 1.165) is 5.56 Å². The molecule has 0 fully saturated rings. The van der Waals surface area contributed by atoms with Gasteiger partial charge in [0.25, 0.3) is 0 Å². The summed E-state index contributed by atoms with van der Waals surface area (Å²) in [4.78, 5) is 26.7. The van der Waals surface area contributed by atoms with Gasteiger partial charge in [0.2, 0.25) is 5.43 Å². The summed E-state index contributed by atoms with van der Waals surface area (Å²) < 4.78 is 55.9. The zero-order valence-electron chi connectivity index (χ0n) is 26.5. The molecule has 42 heavy (non-hydrogen) atoms. The number of halogens is 3. The molecule has 0 aliphatic carbocycles. The van der Waals surface area contributed by atoms with E-state index in [1.165, 1.54) is 0 Å². The van der Waals surface area contributed by atoms with Crippen LogP contribution in [0.25, 0.3) is 10.9 Å². The second-order valence-electron chi connectivity index (χ2n) is 13.6. The molecule has 0 aliphatic heterocycles. The molecule has 0 aliphatic rings. The Bertz CT molecular complexity index is 1510. The van der Waals surface area contributed by atoms with Crippen molar-refractivity contribution in [3.8, 4) is 0 Å². The van der Waals surface area contributed by atoms with Crippen LogP contribution in [0.4, 0.5) is 13.2 Å². The van der Waals surface area contributed by atoms with E-state index >= 15 is 0 Å². The molecular weight excluding hydrogens is 559 g/mol. The Kier molecular flexibility index (Phi) is 9.89. The van der Waals surface area contributed by atoms with Gasteiger partial charge >= 0.3 is 5.97 Å². The first-order valence-electron chi connectivity index (χ1n) is 14.4. The van der Waals surface area contributed by atoms with Crippen molar-refractivity contribution in [2.24, 2.45) is 5.41 Å². The largest absolute Gasteiger partial charge is 0.462 e. The first-order chi connectivity index (χ1) is 19.3. The van der Waals surface area contributed by atoms with Crippen LogP contribution < -0.4 is 5.43 Å². The molecule has 1 aromatic heterocycles. The number of pyridine rings is 1. The van der Waals surface area contributed by atoms with Gasteiger partial charge in [-0.25, -0.2) is 18.0 Å². The van der Waals surface area contributed by atoms with Crippen LogP contribution in [-0.4, -0.2) is 32.1 Å². The molecular formula is C33H44F3NO4Si. The molecule has 1 heterocycles. The molecule has 0 bridgehead atoms. The van der Waals surface area contributed by atoms with E-state index in [0.29, 0.717) is 35.2 Å². The lowest BCUT2D eigenvalue weighted by atomic mass is 9.86. The van der Waals surface area contributed by atoms with Gasteiger partial charge in [-0.1, -0.05) is 41.5 Å². The molecule has 0 N–H and O–H groups in total. The summed E-state index contributed by atoms with van der Waals surface area (Å²) in [7, 11) is -2.13. The number of aryl methyl sites for hydroxylation is 2. The number of ether oxygens (including phenoxy) is 1. The van der Waals surface area contributed by atoms with Crippen molar-refractivity contribution in [2.75, 3.05) is 13.2 Å². The van der Waals surface area contributed by atoms with Crippen molar-refractivity contribution in [2.45, 2.75) is 92.4 Å². The molecule has 230 valence electrons. The smallest absolute Gasteiger partial charge is 0.343 e. The van der Waals surface area contributed by atoms with E-state index in [1.54, 1.807) is 19.2 Å². The fourth-order valence-electron chi connectivity index (χ4n) is 4.75. The Morgan fingerprint density at radius 1 is 0.976 bits per heavy atom. The van der Waals surface area contributed by atoms with Crippen LogP contribution in [-0.2, 0) is 22.0 Å². The maximum absolute atomic E-state index is 14.3. The number of nitrogens with zero attached hydrogens (tertiary/aromatic N) is 1. The molecule has 5 nitrogen and oxygen atoms in total. The van der Waals surface area contributed by atoms with Crippen molar-refractivity contribution >= 4 is 25.2 Å². The Balaban J connectivity index is 2.20. The van der Waals surface area contributed by atoms with Crippen molar-refractivity contribution in [1.82, 2.24) is 4.57 Å². The van der Waals surface area contributed by atoms with Crippen LogP contribution >= 0.6 is 0 Å². The third-order valence-corrected chi connectivity index (χ3v) is 13.0. The summed E-state index contributed by atoms with van der Waals surface area (Å²) in [5.41, 5.74) is 1.05. The van der Waals surface area contributed by atoms with Gasteiger partial charge in [0.15, 0.2) is 8.32 Å². The number of benzene rings is 2. The molecule has 0 radical (unpaired) electrons. The topological polar surface area (TPSA) is 57.5 Å². The summed E-state index contributed by atoms with van der Waals surface area (Å²) >= 11 is 0. The summed E-state index contributed by atoms with van der Waals surface area (Å²) in [6.07, 6.45) is 1.76. The van der Waals surface area contributed by atoms with Crippen LogP contribution in [0.15, 0.2) is 35.3 Å². The number of hydrogen-bond donors (Lipinski definition) is 0. The zero-order valence-corrected chi connectivity index (χ0v) is 27.5. The highest BCUT2D eigenvalue weighted by molar-refractivity contribution is 6.74. The average Bonchev–Trinajstić information content (AvgIpc) is 2.83. The predicted octanol–water partition coefficient (Wildman–Crippen LogP) is 8.30. The van der Waals surface area contributed by atoms with Crippen LogP contribution in [0, 0.1) is 29.8 Å². The van der Waals surface area contributed by atoms with Gasteiger partial charge in [0, 0.05) is 29.3 Å². The summed E-state index contributed by atoms with van der Waals surface area (Å²) in [5.74, 6) is -3.59. The molecule has 0 saturated carbocycles. The van der Waals surface area contributed by atoms with Crippen molar-refractivity contribution in [3.63, 3.8) is 0 Å². The van der Waals surface area contributed by atoms with Crippen LogP contribution in [0.5, 0.6) is 0 Å². The number of carbonyl (C=O) groups excluding carboxylic acids is 1. The minimum atomic E-state index is -2.13. The van der Waals surface area contributed by atoms with Crippen molar-refractivity contribution < 1.29 is 27.1 Å².